The van der Waals surface area contributed by atoms with Crippen molar-refractivity contribution >= 4 is 28.5 Å². The molecule has 0 saturated heterocycles. The van der Waals surface area contributed by atoms with Crippen molar-refractivity contribution in [3.05, 3.63) is 59.4 Å². The van der Waals surface area contributed by atoms with Gasteiger partial charge in [-0.25, -0.2) is 4.98 Å². The van der Waals surface area contributed by atoms with Crippen LogP contribution in [0.4, 0.5) is 13.2 Å². The van der Waals surface area contributed by atoms with Gasteiger partial charge in [-0.3, -0.25) is 4.79 Å². The fourth-order valence-electron chi connectivity index (χ4n) is 2.69. The second-order valence-corrected chi connectivity index (χ2v) is 6.51. The highest BCUT2D eigenvalue weighted by Crippen LogP contribution is 2.31. The number of amides is 1. The number of nitrogens with zero attached hydrogens (tertiary/aromatic N) is 3. The summed E-state index contributed by atoms with van der Waals surface area (Å²) in [4.78, 5) is 17.4. The smallest absolute Gasteiger partial charge is 0.449 e. The normalized spacial score (nSPS) is 11.6. The minimum Gasteiger partial charge on any atom is -0.490 e. The van der Waals surface area contributed by atoms with Gasteiger partial charge in [-0.1, -0.05) is 35.9 Å². The van der Waals surface area contributed by atoms with E-state index in [4.69, 9.17) is 16.3 Å². The molecule has 3 aromatic rings. The lowest BCUT2D eigenvalue weighted by Gasteiger charge is -2.19. The lowest BCUT2D eigenvalue weighted by molar-refractivity contribution is -0.148. The number of imidazole rings is 1. The Balaban J connectivity index is 1.69. The number of fused-ring (bicyclic) bond motifs is 1. The minimum atomic E-state index is -4.66. The third kappa shape index (κ3) is 4.39. The fourth-order valence-corrected chi connectivity index (χ4v) is 2.88. The average molecular weight is 412 g/mol. The monoisotopic (exact) mass is 411 g/mol. The summed E-state index contributed by atoms with van der Waals surface area (Å²) in [6.45, 7) is -0.126. The van der Waals surface area contributed by atoms with E-state index >= 15 is 0 Å². The van der Waals surface area contributed by atoms with Gasteiger partial charge in [0.05, 0.1) is 22.6 Å². The van der Waals surface area contributed by atoms with Gasteiger partial charge in [0.25, 0.3) is 0 Å². The first-order valence-electron chi connectivity index (χ1n) is 8.41. The Bertz CT molecular complexity index is 988. The predicted octanol–water partition coefficient (Wildman–Crippen LogP) is 4.25. The molecule has 0 saturated carbocycles. The van der Waals surface area contributed by atoms with Crippen LogP contribution in [0.1, 0.15) is 5.82 Å². The van der Waals surface area contributed by atoms with E-state index in [2.05, 4.69) is 4.98 Å². The maximum Gasteiger partial charge on any atom is 0.449 e. The van der Waals surface area contributed by atoms with E-state index in [1.54, 1.807) is 36.4 Å². The Hall–Kier alpha value is -2.74. The molecule has 0 aliphatic rings. The van der Waals surface area contributed by atoms with E-state index in [0.29, 0.717) is 10.8 Å². The largest absolute Gasteiger partial charge is 0.490 e. The molecule has 0 aliphatic heterocycles. The van der Waals surface area contributed by atoms with Crippen LogP contribution in [-0.4, -0.2) is 40.6 Å². The van der Waals surface area contributed by atoms with Crippen LogP contribution in [0.3, 0.4) is 0 Å². The van der Waals surface area contributed by atoms with Crippen molar-refractivity contribution in [1.82, 2.24) is 14.5 Å². The summed E-state index contributed by atoms with van der Waals surface area (Å²) in [6.07, 6.45) is -4.66. The molecule has 0 bridgehead atoms. The highest BCUT2D eigenvalue weighted by atomic mass is 35.5. The van der Waals surface area contributed by atoms with Gasteiger partial charge in [-0.05, 0) is 24.3 Å². The van der Waals surface area contributed by atoms with Gasteiger partial charge in [0, 0.05) is 7.05 Å². The van der Waals surface area contributed by atoms with Gasteiger partial charge in [-0.15, -0.1) is 0 Å². The Kier molecular flexibility index (Phi) is 5.79. The first-order valence-corrected chi connectivity index (χ1v) is 8.79. The van der Waals surface area contributed by atoms with E-state index < -0.39 is 24.5 Å². The molecule has 9 heteroatoms. The van der Waals surface area contributed by atoms with Crippen molar-refractivity contribution in [3.8, 4) is 5.75 Å². The van der Waals surface area contributed by atoms with Crippen molar-refractivity contribution in [2.75, 3.05) is 20.2 Å². The van der Waals surface area contributed by atoms with Crippen molar-refractivity contribution in [2.24, 2.45) is 0 Å². The number of carbonyl (C=O) groups is 1. The van der Waals surface area contributed by atoms with Crippen LogP contribution in [0, 0.1) is 0 Å². The molecule has 0 spiro atoms. The van der Waals surface area contributed by atoms with E-state index in [-0.39, 0.29) is 24.2 Å². The first kappa shape index (κ1) is 20.0. The van der Waals surface area contributed by atoms with Gasteiger partial charge in [0.1, 0.15) is 18.9 Å². The van der Waals surface area contributed by atoms with Crippen molar-refractivity contribution < 1.29 is 22.7 Å². The predicted molar refractivity (Wildman–Crippen MR) is 99.3 cm³/mol. The standard InChI is InChI=1S/C19H17ClF3N3O2/c1-25(10-11-28-16-9-5-2-6-13(16)20)17(27)12-26-15-8-4-3-7-14(15)24-18(26)19(21,22)23/h2-9H,10-12H2,1H3. The van der Waals surface area contributed by atoms with Crippen LogP contribution in [0.15, 0.2) is 48.5 Å². The number of hydrogen-bond donors (Lipinski definition) is 0. The molecule has 0 N–H and O–H groups in total. The molecular weight excluding hydrogens is 395 g/mol. The first-order chi connectivity index (χ1) is 13.3. The molecule has 0 fully saturated rings. The molecule has 1 aromatic heterocycles. The fraction of sp³-hybridized carbons (Fsp3) is 0.263. The van der Waals surface area contributed by atoms with E-state index in [1.165, 1.54) is 24.1 Å². The number of rotatable bonds is 6. The van der Waals surface area contributed by atoms with E-state index in [1.807, 2.05) is 0 Å². The Morgan fingerprint density at radius 3 is 2.57 bits per heavy atom. The molecule has 0 atom stereocenters. The molecule has 0 unspecified atom stereocenters. The summed E-state index contributed by atoms with van der Waals surface area (Å²) in [6, 6.07) is 13.1. The number of ether oxygens (including phenoxy) is 1. The molecule has 3 rings (SSSR count). The number of para-hydroxylation sites is 3. The maximum absolute atomic E-state index is 13.3. The third-order valence-electron chi connectivity index (χ3n) is 4.15. The molecule has 148 valence electrons. The molecule has 2 aromatic carbocycles. The van der Waals surface area contributed by atoms with Gasteiger partial charge >= 0.3 is 6.18 Å². The summed E-state index contributed by atoms with van der Waals surface area (Å²) in [7, 11) is 1.50. The lowest BCUT2D eigenvalue weighted by Crippen LogP contribution is -2.34. The van der Waals surface area contributed by atoms with Gasteiger partial charge in [0.2, 0.25) is 11.7 Å². The summed E-state index contributed by atoms with van der Waals surface area (Å²) in [5, 5.41) is 0.441. The summed E-state index contributed by atoms with van der Waals surface area (Å²) >= 11 is 5.99. The van der Waals surface area contributed by atoms with E-state index in [0.717, 1.165) is 4.57 Å². The Morgan fingerprint density at radius 1 is 1.18 bits per heavy atom. The highest BCUT2D eigenvalue weighted by molar-refractivity contribution is 6.32. The number of carbonyl (C=O) groups excluding carboxylic acids is 1. The topological polar surface area (TPSA) is 47.4 Å². The summed E-state index contributed by atoms with van der Waals surface area (Å²) < 4.78 is 46.4. The van der Waals surface area contributed by atoms with Crippen LogP contribution in [0.25, 0.3) is 11.0 Å². The quantitative estimate of drug-likeness (QED) is 0.609. The second kappa shape index (κ2) is 8.10. The molecule has 1 amide bonds. The van der Waals surface area contributed by atoms with Crippen LogP contribution in [0.2, 0.25) is 5.02 Å². The number of alkyl halides is 3. The van der Waals surface area contributed by atoms with Gasteiger partial charge < -0.3 is 14.2 Å². The zero-order chi connectivity index (χ0) is 20.3. The number of hydrogen-bond acceptors (Lipinski definition) is 3. The molecular formula is C19H17ClF3N3O2. The number of likely N-dealkylation sites (N-methyl/N-ethyl adjacent to an activating group) is 1. The van der Waals surface area contributed by atoms with Crippen molar-refractivity contribution in [1.29, 1.82) is 0 Å². The average Bonchev–Trinajstić information content (AvgIpc) is 3.02. The van der Waals surface area contributed by atoms with Crippen LogP contribution < -0.4 is 4.74 Å². The maximum atomic E-state index is 13.3. The number of halogens is 4. The molecule has 0 aliphatic carbocycles. The molecule has 1 heterocycles. The lowest BCUT2D eigenvalue weighted by atomic mass is 10.3. The Morgan fingerprint density at radius 2 is 1.86 bits per heavy atom. The van der Waals surface area contributed by atoms with Crippen molar-refractivity contribution in [2.45, 2.75) is 12.7 Å². The number of aromatic nitrogens is 2. The van der Waals surface area contributed by atoms with Gasteiger partial charge in [0.15, 0.2) is 0 Å². The Labute approximate surface area is 164 Å². The zero-order valence-corrected chi connectivity index (χ0v) is 15.7. The van der Waals surface area contributed by atoms with E-state index in [9.17, 15) is 18.0 Å². The summed E-state index contributed by atoms with van der Waals surface area (Å²) in [5.41, 5.74) is 0.441. The zero-order valence-electron chi connectivity index (χ0n) is 14.9. The van der Waals surface area contributed by atoms with Gasteiger partial charge in [-0.2, -0.15) is 13.2 Å². The SMILES string of the molecule is CN(CCOc1ccccc1Cl)C(=O)Cn1c(C(F)(F)F)nc2ccccc21. The second-order valence-electron chi connectivity index (χ2n) is 6.10. The van der Waals surface area contributed by atoms with Crippen LogP contribution >= 0.6 is 11.6 Å². The number of benzene rings is 2. The van der Waals surface area contributed by atoms with Crippen molar-refractivity contribution in [3.63, 3.8) is 0 Å². The minimum absolute atomic E-state index is 0.156. The highest BCUT2D eigenvalue weighted by Gasteiger charge is 2.38. The molecule has 0 radical (unpaired) electrons. The summed E-state index contributed by atoms with van der Waals surface area (Å²) in [5.74, 6) is -1.11. The third-order valence-corrected chi connectivity index (χ3v) is 4.46. The van der Waals surface area contributed by atoms with Crippen LogP contribution in [0.5, 0.6) is 5.75 Å². The molecule has 5 nitrogen and oxygen atoms in total. The van der Waals surface area contributed by atoms with Crippen LogP contribution in [-0.2, 0) is 17.5 Å². The molecule has 28 heavy (non-hydrogen) atoms.